The van der Waals surface area contributed by atoms with Gasteiger partial charge < -0.3 is 9.64 Å². The highest BCUT2D eigenvalue weighted by Crippen LogP contribution is 2.23. The maximum atomic E-state index is 5.86. The van der Waals surface area contributed by atoms with Crippen LogP contribution in [0.1, 0.15) is 5.56 Å². The molecule has 2 aromatic rings. The first-order chi connectivity index (χ1) is 9.10. The number of anilines is 1. The lowest BCUT2D eigenvalue weighted by atomic mass is 10.2. The fourth-order valence-corrected chi connectivity index (χ4v) is 2.08. The van der Waals surface area contributed by atoms with E-state index < -0.39 is 0 Å². The lowest BCUT2D eigenvalue weighted by Crippen LogP contribution is -2.19. The van der Waals surface area contributed by atoms with Gasteiger partial charge in [0, 0.05) is 18.6 Å². The first-order valence-electron chi connectivity index (χ1n) is 5.62. The van der Waals surface area contributed by atoms with Gasteiger partial charge in [0.25, 0.3) is 0 Å². The van der Waals surface area contributed by atoms with Gasteiger partial charge in [-0.1, -0.05) is 23.7 Å². The number of rotatable bonds is 4. The molecule has 0 bridgehead atoms. The summed E-state index contributed by atoms with van der Waals surface area (Å²) < 4.78 is 5.89. The topological polar surface area (TPSA) is 38.2 Å². The zero-order chi connectivity index (χ0) is 13.8. The summed E-state index contributed by atoms with van der Waals surface area (Å²) >= 11 is 9.19. The standard InChI is InChI=1S/C13H13BrClN3O/c1-18(8-9-3-5-10(15)6-4-9)13-16-7-11(14)12(17-13)19-2/h3-7H,8H2,1-2H3. The van der Waals surface area contributed by atoms with Crippen molar-refractivity contribution in [3.05, 3.63) is 45.5 Å². The van der Waals surface area contributed by atoms with Gasteiger partial charge in [0.1, 0.15) is 0 Å². The molecule has 0 aliphatic carbocycles. The molecule has 0 aliphatic heterocycles. The number of nitrogens with zero attached hydrogens (tertiary/aromatic N) is 3. The average Bonchev–Trinajstić information content (AvgIpc) is 2.42. The molecule has 0 atom stereocenters. The Kier molecular flexibility index (Phi) is 4.61. The van der Waals surface area contributed by atoms with Crippen molar-refractivity contribution >= 4 is 33.5 Å². The third-order valence-corrected chi connectivity index (χ3v) is 3.36. The summed E-state index contributed by atoms with van der Waals surface area (Å²) in [5.41, 5.74) is 1.14. The van der Waals surface area contributed by atoms with Crippen molar-refractivity contribution < 1.29 is 4.74 Å². The van der Waals surface area contributed by atoms with Crippen LogP contribution in [-0.2, 0) is 6.54 Å². The number of aromatic nitrogens is 2. The van der Waals surface area contributed by atoms with Gasteiger partial charge in [-0.2, -0.15) is 4.98 Å². The van der Waals surface area contributed by atoms with Crippen LogP contribution in [0.2, 0.25) is 5.02 Å². The number of hydrogen-bond donors (Lipinski definition) is 0. The number of ether oxygens (including phenoxy) is 1. The lowest BCUT2D eigenvalue weighted by molar-refractivity contribution is 0.394. The number of benzene rings is 1. The quantitative estimate of drug-likeness (QED) is 0.852. The smallest absolute Gasteiger partial charge is 0.232 e. The minimum atomic E-state index is 0.521. The Morgan fingerprint density at radius 2 is 2.00 bits per heavy atom. The predicted molar refractivity (Wildman–Crippen MR) is 79.8 cm³/mol. The van der Waals surface area contributed by atoms with Crippen LogP contribution >= 0.6 is 27.5 Å². The molecule has 0 spiro atoms. The van der Waals surface area contributed by atoms with Gasteiger partial charge in [-0.05, 0) is 33.6 Å². The fourth-order valence-electron chi connectivity index (χ4n) is 1.60. The molecule has 4 nitrogen and oxygen atoms in total. The maximum Gasteiger partial charge on any atom is 0.232 e. The highest BCUT2D eigenvalue weighted by atomic mass is 79.9. The summed E-state index contributed by atoms with van der Waals surface area (Å²) in [6.07, 6.45) is 1.68. The predicted octanol–water partition coefficient (Wildman–Crippen LogP) is 3.54. The second kappa shape index (κ2) is 6.21. The van der Waals surface area contributed by atoms with Crippen LogP contribution in [0.5, 0.6) is 5.88 Å². The molecule has 0 aliphatic rings. The van der Waals surface area contributed by atoms with Crippen molar-refractivity contribution in [3.63, 3.8) is 0 Å². The minimum absolute atomic E-state index is 0.521. The molecule has 0 saturated heterocycles. The van der Waals surface area contributed by atoms with Crippen molar-refractivity contribution in [2.24, 2.45) is 0 Å². The Hall–Kier alpha value is -1.33. The molecule has 1 aromatic carbocycles. The van der Waals surface area contributed by atoms with Crippen LogP contribution in [-0.4, -0.2) is 24.1 Å². The van der Waals surface area contributed by atoms with E-state index in [1.165, 1.54) is 0 Å². The van der Waals surface area contributed by atoms with Crippen molar-refractivity contribution in [2.75, 3.05) is 19.1 Å². The Morgan fingerprint density at radius 3 is 2.63 bits per heavy atom. The summed E-state index contributed by atoms with van der Waals surface area (Å²) in [5.74, 6) is 1.13. The summed E-state index contributed by atoms with van der Waals surface area (Å²) in [6.45, 7) is 0.696. The number of hydrogen-bond acceptors (Lipinski definition) is 4. The molecule has 0 unspecified atom stereocenters. The highest BCUT2D eigenvalue weighted by molar-refractivity contribution is 9.10. The Balaban J connectivity index is 2.15. The largest absolute Gasteiger partial charge is 0.480 e. The zero-order valence-corrected chi connectivity index (χ0v) is 12.9. The molecule has 1 aromatic heterocycles. The lowest BCUT2D eigenvalue weighted by Gasteiger charge is -2.17. The van der Waals surface area contributed by atoms with Gasteiger partial charge in [-0.25, -0.2) is 4.98 Å². The summed E-state index contributed by atoms with van der Waals surface area (Å²) in [5, 5.41) is 0.730. The molecule has 19 heavy (non-hydrogen) atoms. The number of halogens is 2. The van der Waals surface area contributed by atoms with E-state index in [4.69, 9.17) is 16.3 Å². The van der Waals surface area contributed by atoms with E-state index in [0.717, 1.165) is 15.1 Å². The molecule has 2 rings (SSSR count). The van der Waals surface area contributed by atoms with Crippen LogP contribution < -0.4 is 9.64 Å². The summed E-state index contributed by atoms with van der Waals surface area (Å²) in [4.78, 5) is 10.5. The van der Waals surface area contributed by atoms with Gasteiger partial charge in [-0.15, -0.1) is 0 Å². The van der Waals surface area contributed by atoms with E-state index in [1.807, 2.05) is 36.2 Å². The van der Waals surface area contributed by atoms with Gasteiger partial charge in [-0.3, -0.25) is 0 Å². The van der Waals surface area contributed by atoms with E-state index in [2.05, 4.69) is 25.9 Å². The van der Waals surface area contributed by atoms with Gasteiger partial charge in [0.05, 0.1) is 17.8 Å². The number of methoxy groups -OCH3 is 1. The summed E-state index contributed by atoms with van der Waals surface area (Å²) in [7, 11) is 3.51. The average molecular weight is 343 g/mol. The van der Waals surface area contributed by atoms with Crippen LogP contribution in [0, 0.1) is 0 Å². The third kappa shape index (κ3) is 3.58. The van der Waals surface area contributed by atoms with Gasteiger partial charge >= 0.3 is 0 Å². The molecule has 0 N–H and O–H groups in total. The molecule has 0 amide bonds. The first-order valence-corrected chi connectivity index (χ1v) is 6.79. The Morgan fingerprint density at radius 1 is 1.32 bits per heavy atom. The maximum absolute atomic E-state index is 5.86. The van der Waals surface area contributed by atoms with E-state index >= 15 is 0 Å². The first kappa shape index (κ1) is 14.1. The second-order valence-electron chi connectivity index (χ2n) is 4.01. The fraction of sp³-hybridized carbons (Fsp3) is 0.231. The van der Waals surface area contributed by atoms with E-state index in [9.17, 15) is 0 Å². The minimum Gasteiger partial charge on any atom is -0.480 e. The van der Waals surface area contributed by atoms with E-state index in [0.29, 0.717) is 18.4 Å². The van der Waals surface area contributed by atoms with Crippen molar-refractivity contribution in [1.82, 2.24) is 9.97 Å². The van der Waals surface area contributed by atoms with Crippen LogP contribution in [0.3, 0.4) is 0 Å². The highest BCUT2D eigenvalue weighted by Gasteiger charge is 2.09. The molecular weight excluding hydrogens is 330 g/mol. The van der Waals surface area contributed by atoms with Crippen molar-refractivity contribution in [1.29, 1.82) is 0 Å². The third-order valence-electron chi connectivity index (χ3n) is 2.57. The Bertz CT molecular complexity index is 562. The Labute approximate surface area is 125 Å². The van der Waals surface area contributed by atoms with Crippen molar-refractivity contribution in [2.45, 2.75) is 6.54 Å². The molecular formula is C13H13BrClN3O. The van der Waals surface area contributed by atoms with Gasteiger partial charge in [0.2, 0.25) is 11.8 Å². The molecule has 0 radical (unpaired) electrons. The SMILES string of the molecule is COc1nc(N(C)Cc2ccc(Cl)cc2)ncc1Br. The van der Waals surface area contributed by atoms with E-state index in [1.54, 1.807) is 13.3 Å². The second-order valence-corrected chi connectivity index (χ2v) is 5.30. The van der Waals surface area contributed by atoms with E-state index in [-0.39, 0.29) is 0 Å². The molecule has 1 heterocycles. The molecule has 6 heteroatoms. The van der Waals surface area contributed by atoms with Gasteiger partial charge in [0.15, 0.2) is 0 Å². The van der Waals surface area contributed by atoms with Crippen molar-refractivity contribution in [3.8, 4) is 5.88 Å². The monoisotopic (exact) mass is 341 g/mol. The zero-order valence-electron chi connectivity index (χ0n) is 10.6. The summed E-state index contributed by atoms with van der Waals surface area (Å²) in [6, 6.07) is 7.70. The molecule has 0 saturated carbocycles. The molecule has 100 valence electrons. The van der Waals surface area contributed by atoms with Crippen LogP contribution in [0.25, 0.3) is 0 Å². The van der Waals surface area contributed by atoms with Crippen LogP contribution in [0.15, 0.2) is 34.9 Å². The molecule has 0 fully saturated rings. The van der Waals surface area contributed by atoms with Crippen LogP contribution in [0.4, 0.5) is 5.95 Å². The normalized spacial score (nSPS) is 10.3.